The maximum absolute atomic E-state index is 12.7. The van der Waals surface area contributed by atoms with E-state index in [9.17, 15) is 4.79 Å². The molecule has 0 radical (unpaired) electrons. The number of carbonyl (C=O) groups excluding carboxylic acids is 1. The minimum Gasteiger partial charge on any atom is -0.411 e. The van der Waals surface area contributed by atoms with Crippen LogP contribution in [-0.4, -0.2) is 37.2 Å². The van der Waals surface area contributed by atoms with Crippen LogP contribution in [0, 0.1) is 0 Å². The number of fused-ring (bicyclic) bond motifs is 5. The van der Waals surface area contributed by atoms with Crippen molar-refractivity contribution in [2.75, 3.05) is 26.2 Å². The maximum Gasteiger partial charge on any atom is 0.415 e. The highest BCUT2D eigenvalue weighted by atomic mass is 16.6. The Balaban J connectivity index is 1.54. The van der Waals surface area contributed by atoms with E-state index < -0.39 is 0 Å². The number of nitrogens with zero attached hydrogens (tertiary/aromatic N) is 1. The molecular weight excluding hydrogens is 374 g/mol. The summed E-state index contributed by atoms with van der Waals surface area (Å²) in [6.07, 6.45) is 13.3. The second kappa shape index (κ2) is 9.28. The molecule has 2 aromatic rings. The highest BCUT2D eigenvalue weighted by molar-refractivity contribution is 5.96. The van der Waals surface area contributed by atoms with Gasteiger partial charge in [-0.15, -0.1) is 0 Å². The summed E-state index contributed by atoms with van der Waals surface area (Å²) < 4.78 is 5.73. The largest absolute Gasteiger partial charge is 0.415 e. The average Bonchev–Trinajstić information content (AvgIpc) is 3.25. The van der Waals surface area contributed by atoms with Gasteiger partial charge in [0, 0.05) is 13.1 Å². The lowest BCUT2D eigenvalue weighted by Gasteiger charge is -2.22. The van der Waals surface area contributed by atoms with Crippen LogP contribution in [-0.2, 0) is 11.2 Å². The van der Waals surface area contributed by atoms with Gasteiger partial charge in [-0.2, -0.15) is 0 Å². The van der Waals surface area contributed by atoms with Crippen LogP contribution in [0.25, 0.3) is 29.0 Å². The molecule has 4 N–H and O–H groups in total. The summed E-state index contributed by atoms with van der Waals surface area (Å²) in [5.41, 5.74) is 13.8. The molecule has 4 rings (SSSR count). The van der Waals surface area contributed by atoms with Gasteiger partial charge in [-0.3, -0.25) is 0 Å². The molecule has 5 heteroatoms. The molecule has 0 fully saturated rings. The first kappa shape index (κ1) is 20.4. The molecule has 0 atom stereocenters. The van der Waals surface area contributed by atoms with Crippen LogP contribution in [0.4, 0.5) is 4.79 Å². The van der Waals surface area contributed by atoms with Gasteiger partial charge in [0.25, 0.3) is 0 Å². The first-order valence-corrected chi connectivity index (χ1v) is 10.7. The molecule has 0 spiro atoms. The number of benzene rings is 2. The summed E-state index contributed by atoms with van der Waals surface area (Å²) in [5.74, 6) is 0.609. The summed E-state index contributed by atoms with van der Waals surface area (Å²) >= 11 is 0. The van der Waals surface area contributed by atoms with Crippen LogP contribution >= 0.6 is 0 Å². The summed E-state index contributed by atoms with van der Waals surface area (Å²) in [4.78, 5) is 14.5. The third-order valence-electron chi connectivity index (χ3n) is 5.75. The van der Waals surface area contributed by atoms with E-state index in [-0.39, 0.29) is 6.09 Å². The van der Waals surface area contributed by atoms with E-state index in [1.807, 2.05) is 12.2 Å². The van der Waals surface area contributed by atoms with Crippen molar-refractivity contribution < 1.29 is 9.53 Å². The Labute approximate surface area is 177 Å². The highest BCUT2D eigenvalue weighted by Crippen LogP contribution is 2.23. The molecule has 0 heterocycles. The molecule has 2 aliphatic carbocycles. The van der Waals surface area contributed by atoms with Crippen molar-refractivity contribution in [3.8, 4) is 0 Å². The number of hydrogen-bond donors (Lipinski definition) is 2. The van der Waals surface area contributed by atoms with Crippen molar-refractivity contribution >= 4 is 35.1 Å². The molecule has 2 aliphatic rings. The van der Waals surface area contributed by atoms with Gasteiger partial charge in [0.2, 0.25) is 0 Å². The van der Waals surface area contributed by atoms with Crippen LogP contribution in [0.2, 0.25) is 0 Å². The van der Waals surface area contributed by atoms with Gasteiger partial charge < -0.3 is 21.1 Å². The minimum atomic E-state index is -0.314. The number of unbranched alkanes of at least 4 members (excludes halogenated alkanes) is 1. The zero-order valence-electron chi connectivity index (χ0n) is 17.3. The zero-order chi connectivity index (χ0) is 20.9. The second-order valence-electron chi connectivity index (χ2n) is 7.77. The molecular formula is C25H29N3O2. The van der Waals surface area contributed by atoms with Gasteiger partial charge in [0.15, 0.2) is 0 Å². The number of rotatable bonds is 8. The van der Waals surface area contributed by atoms with E-state index in [1.165, 1.54) is 27.1 Å². The molecule has 156 valence electrons. The van der Waals surface area contributed by atoms with Gasteiger partial charge in [-0.25, -0.2) is 4.79 Å². The Bertz CT molecular complexity index is 1130. The van der Waals surface area contributed by atoms with Crippen LogP contribution < -0.4 is 21.9 Å². The van der Waals surface area contributed by atoms with Crippen molar-refractivity contribution in [2.45, 2.75) is 25.7 Å². The molecule has 0 aliphatic heterocycles. The molecule has 0 bridgehead atoms. The topological polar surface area (TPSA) is 81.6 Å². The molecule has 2 aromatic carbocycles. The third kappa shape index (κ3) is 4.18. The fourth-order valence-corrected chi connectivity index (χ4v) is 4.14. The molecule has 5 nitrogen and oxygen atoms in total. The van der Waals surface area contributed by atoms with Crippen LogP contribution in [0.1, 0.15) is 30.4 Å². The van der Waals surface area contributed by atoms with Gasteiger partial charge in [-0.05, 0) is 83.3 Å². The predicted octanol–water partition coefficient (Wildman–Crippen LogP) is 2.39. The monoisotopic (exact) mass is 403 g/mol. The van der Waals surface area contributed by atoms with Gasteiger partial charge in [0.05, 0.1) is 0 Å². The van der Waals surface area contributed by atoms with E-state index in [0.717, 1.165) is 30.9 Å². The summed E-state index contributed by atoms with van der Waals surface area (Å²) in [6, 6.07) is 8.66. The fourth-order valence-electron chi connectivity index (χ4n) is 4.14. The Morgan fingerprint density at radius 1 is 0.967 bits per heavy atom. The molecule has 1 amide bonds. The highest BCUT2D eigenvalue weighted by Gasteiger charge is 2.18. The standard InChI is InChI=1S/C25H29N3O2/c26-13-1-2-15-28(16-4-14-27)25(29)30-20-9-12-22-19(17-20)8-11-23-21-6-3-5-18(21)7-10-24(22)23/h3,5-11,17H,1-2,4,12-16,26-27H2. The summed E-state index contributed by atoms with van der Waals surface area (Å²) in [5, 5.41) is 4.90. The maximum atomic E-state index is 12.7. The van der Waals surface area contributed by atoms with Crippen molar-refractivity contribution in [1.29, 1.82) is 0 Å². The van der Waals surface area contributed by atoms with Crippen LogP contribution in [0.15, 0.2) is 42.2 Å². The Morgan fingerprint density at radius 3 is 2.57 bits per heavy atom. The normalized spacial score (nSPS) is 13.9. The quantitative estimate of drug-likeness (QED) is 0.663. The number of allylic oxidation sites excluding steroid dienone is 3. The SMILES string of the molecule is NCCCCN(CCCN)C(=O)OC1=CCc2c(ccc3c4c(ccc23)=CC=C4)=C1. The lowest BCUT2D eigenvalue weighted by atomic mass is 9.94. The van der Waals surface area contributed by atoms with Crippen molar-refractivity contribution in [1.82, 2.24) is 4.90 Å². The van der Waals surface area contributed by atoms with E-state index in [4.69, 9.17) is 16.2 Å². The number of carbonyl (C=O) groups is 1. The van der Waals surface area contributed by atoms with E-state index in [1.54, 1.807) is 4.90 Å². The van der Waals surface area contributed by atoms with Crippen LogP contribution in [0.5, 0.6) is 0 Å². The Morgan fingerprint density at radius 2 is 1.73 bits per heavy atom. The van der Waals surface area contributed by atoms with Gasteiger partial charge in [-0.1, -0.05) is 42.5 Å². The Hall–Kier alpha value is -2.89. The first-order valence-electron chi connectivity index (χ1n) is 10.7. The van der Waals surface area contributed by atoms with Crippen molar-refractivity contribution in [3.05, 3.63) is 63.7 Å². The number of nitrogens with two attached hydrogens (primary N) is 2. The molecule has 0 aromatic heterocycles. The lowest BCUT2D eigenvalue weighted by Crippen LogP contribution is -2.34. The smallest absolute Gasteiger partial charge is 0.411 e. The number of ether oxygens (including phenoxy) is 1. The lowest BCUT2D eigenvalue weighted by molar-refractivity contribution is 0.131. The van der Waals surface area contributed by atoms with Crippen molar-refractivity contribution in [2.24, 2.45) is 11.5 Å². The zero-order valence-corrected chi connectivity index (χ0v) is 17.3. The summed E-state index contributed by atoms with van der Waals surface area (Å²) in [6.45, 7) is 2.41. The summed E-state index contributed by atoms with van der Waals surface area (Å²) in [7, 11) is 0. The number of amides is 1. The van der Waals surface area contributed by atoms with E-state index >= 15 is 0 Å². The van der Waals surface area contributed by atoms with E-state index in [0.29, 0.717) is 31.9 Å². The van der Waals surface area contributed by atoms with Crippen molar-refractivity contribution in [3.63, 3.8) is 0 Å². The fraction of sp³-hybridized carbons (Fsp3) is 0.320. The minimum absolute atomic E-state index is 0.314. The third-order valence-corrected chi connectivity index (χ3v) is 5.75. The number of hydrogen-bond acceptors (Lipinski definition) is 4. The average molecular weight is 404 g/mol. The Kier molecular flexibility index (Phi) is 6.31. The van der Waals surface area contributed by atoms with Gasteiger partial charge >= 0.3 is 6.09 Å². The molecule has 0 saturated heterocycles. The second-order valence-corrected chi connectivity index (χ2v) is 7.77. The predicted molar refractivity (Wildman–Crippen MR) is 123 cm³/mol. The van der Waals surface area contributed by atoms with Crippen LogP contribution in [0.3, 0.4) is 0 Å². The van der Waals surface area contributed by atoms with Gasteiger partial charge in [0.1, 0.15) is 5.76 Å². The molecule has 0 saturated carbocycles. The van der Waals surface area contributed by atoms with E-state index in [2.05, 4.69) is 42.5 Å². The molecule has 0 unspecified atom stereocenters. The molecule has 30 heavy (non-hydrogen) atoms. The first-order chi connectivity index (χ1) is 14.7.